The van der Waals surface area contributed by atoms with Crippen molar-refractivity contribution in [3.63, 3.8) is 0 Å². The Kier molecular flexibility index (Phi) is 10.6. The molecule has 3 N–H and O–H groups in total. The van der Waals surface area contributed by atoms with Crippen molar-refractivity contribution in [2.24, 2.45) is 0 Å². The molecule has 14 heteroatoms. The van der Waals surface area contributed by atoms with Gasteiger partial charge in [-0.05, 0) is 55.9 Å². The summed E-state index contributed by atoms with van der Waals surface area (Å²) in [4.78, 5) is 31.3. The van der Waals surface area contributed by atoms with Crippen molar-refractivity contribution in [2.45, 2.75) is 63.1 Å². The van der Waals surface area contributed by atoms with Gasteiger partial charge >= 0.3 is 12.1 Å². The fourth-order valence-corrected chi connectivity index (χ4v) is 5.63. The molecule has 1 atom stereocenters. The second-order valence-electron chi connectivity index (χ2n) is 10.3. The Labute approximate surface area is 238 Å². The van der Waals surface area contributed by atoms with Crippen molar-refractivity contribution < 1.29 is 36.3 Å². The topological polar surface area (TPSA) is 132 Å². The van der Waals surface area contributed by atoms with Gasteiger partial charge in [0, 0.05) is 38.8 Å². The molecule has 4 rings (SSSR count). The van der Waals surface area contributed by atoms with E-state index in [-0.39, 0.29) is 16.8 Å². The fraction of sp³-hybridized carbons (Fsp3) is 0.519. The third-order valence-corrected chi connectivity index (χ3v) is 8.33. The number of nitrogens with zero attached hydrogens (tertiary/aromatic N) is 3. The molecule has 1 unspecified atom stereocenters. The number of carbonyl (C=O) groups is 2. The summed E-state index contributed by atoms with van der Waals surface area (Å²) in [6.07, 6.45) is -0.511. The van der Waals surface area contributed by atoms with Gasteiger partial charge in [-0.25, -0.2) is 18.2 Å². The highest BCUT2D eigenvalue weighted by Crippen LogP contribution is 2.28. The van der Waals surface area contributed by atoms with Crippen LogP contribution in [0.2, 0.25) is 0 Å². The first-order valence-electron chi connectivity index (χ1n) is 13.4. The number of carboxylic acids is 1. The maximum absolute atomic E-state index is 13.6. The van der Waals surface area contributed by atoms with Crippen LogP contribution in [0.4, 0.5) is 24.7 Å². The molecule has 41 heavy (non-hydrogen) atoms. The van der Waals surface area contributed by atoms with E-state index in [1.807, 2.05) is 17.0 Å². The van der Waals surface area contributed by atoms with Crippen molar-refractivity contribution >= 4 is 33.4 Å². The number of hydrogen-bond acceptors (Lipinski definition) is 7. The first-order valence-corrected chi connectivity index (χ1v) is 14.9. The Bertz CT molecular complexity index is 1310. The molecule has 1 amide bonds. The molecule has 0 bridgehead atoms. The maximum atomic E-state index is 13.6. The Hall–Kier alpha value is -3.39. The number of halogens is 3. The normalized spacial score (nSPS) is 18.0. The lowest BCUT2D eigenvalue weighted by atomic mass is 10.0. The summed E-state index contributed by atoms with van der Waals surface area (Å²) in [5.41, 5.74) is 1.82. The number of rotatable bonds is 6. The van der Waals surface area contributed by atoms with Crippen molar-refractivity contribution in [1.29, 1.82) is 0 Å². The lowest BCUT2D eigenvalue weighted by Gasteiger charge is -2.35. The third kappa shape index (κ3) is 8.55. The highest BCUT2D eigenvalue weighted by atomic mass is 32.2. The predicted molar refractivity (Wildman–Crippen MR) is 149 cm³/mol. The van der Waals surface area contributed by atoms with Crippen LogP contribution in [-0.2, 0) is 14.8 Å². The summed E-state index contributed by atoms with van der Waals surface area (Å²) in [5, 5.41) is 10.4. The van der Waals surface area contributed by atoms with Crippen LogP contribution in [0.15, 0.2) is 41.4 Å². The van der Waals surface area contributed by atoms with E-state index in [2.05, 4.69) is 40.7 Å². The molecule has 2 fully saturated rings. The maximum Gasteiger partial charge on any atom is 0.490 e. The predicted octanol–water partition coefficient (Wildman–Crippen LogP) is 4.06. The summed E-state index contributed by atoms with van der Waals surface area (Å²) in [6, 6.07) is 8.68. The zero-order valence-corrected chi connectivity index (χ0v) is 24.1. The first-order chi connectivity index (χ1) is 19.2. The SMILES string of the molecule is CC(C)c1ccc(S(=O)(=O)Nc2cnc(N3CCNCC3)c(C(=O)N3CCCCC3C)c2)cc1.O=C(O)C(F)(F)F. The van der Waals surface area contributed by atoms with Gasteiger partial charge in [-0.2, -0.15) is 13.2 Å². The van der Waals surface area contributed by atoms with Crippen molar-refractivity contribution in [3.05, 3.63) is 47.7 Å². The minimum Gasteiger partial charge on any atom is -0.475 e. The number of alkyl halides is 3. The van der Waals surface area contributed by atoms with E-state index in [1.54, 1.807) is 18.2 Å². The Balaban J connectivity index is 0.000000587. The van der Waals surface area contributed by atoms with Crippen LogP contribution in [0.5, 0.6) is 0 Å². The van der Waals surface area contributed by atoms with Crippen LogP contribution in [-0.4, -0.2) is 80.2 Å². The standard InChI is InChI=1S/C25H35N5O3S.C2HF3O2/c1-18(2)20-7-9-22(10-8-20)34(32,33)28-21-16-23(25(31)30-13-5-4-6-19(30)3)24(27-17-21)29-14-11-26-12-15-29;3-2(4,5)1(6)7/h7-10,16-19,26,28H,4-6,11-15H2,1-3H3;(H,6,7). The summed E-state index contributed by atoms with van der Waals surface area (Å²) in [5.74, 6) is -1.91. The third-order valence-electron chi connectivity index (χ3n) is 6.93. The van der Waals surface area contributed by atoms with Crippen LogP contribution in [0.25, 0.3) is 0 Å². The number of piperidine rings is 1. The first kappa shape index (κ1) is 32.1. The quantitative estimate of drug-likeness (QED) is 0.453. The average Bonchev–Trinajstić information content (AvgIpc) is 2.93. The van der Waals surface area contributed by atoms with E-state index in [9.17, 15) is 26.4 Å². The molecule has 0 spiro atoms. The van der Waals surface area contributed by atoms with E-state index < -0.39 is 22.2 Å². The summed E-state index contributed by atoms with van der Waals surface area (Å²) in [6.45, 7) is 10.0. The molecule has 0 saturated carbocycles. The lowest BCUT2D eigenvalue weighted by Crippen LogP contribution is -2.46. The van der Waals surface area contributed by atoms with Crippen LogP contribution < -0.4 is 14.9 Å². The smallest absolute Gasteiger partial charge is 0.475 e. The van der Waals surface area contributed by atoms with Gasteiger partial charge in [-0.3, -0.25) is 9.52 Å². The Morgan fingerprint density at radius 3 is 2.24 bits per heavy atom. The molecule has 0 radical (unpaired) electrons. The van der Waals surface area contributed by atoms with Crippen LogP contribution in [0, 0.1) is 0 Å². The lowest BCUT2D eigenvalue weighted by molar-refractivity contribution is -0.192. The van der Waals surface area contributed by atoms with Gasteiger partial charge in [-0.15, -0.1) is 0 Å². The molecular formula is C27H36F3N5O5S. The van der Waals surface area contributed by atoms with Gasteiger partial charge < -0.3 is 20.2 Å². The summed E-state index contributed by atoms with van der Waals surface area (Å²) in [7, 11) is -3.81. The number of carbonyl (C=O) groups excluding carboxylic acids is 1. The number of sulfonamides is 1. The summed E-state index contributed by atoms with van der Waals surface area (Å²) < 4.78 is 60.5. The number of likely N-dealkylation sites (tertiary alicyclic amines) is 1. The molecule has 2 aliphatic rings. The van der Waals surface area contributed by atoms with Crippen LogP contribution in [0.1, 0.15) is 61.9 Å². The van der Waals surface area contributed by atoms with E-state index in [0.717, 1.165) is 51.0 Å². The minimum absolute atomic E-state index is 0.0874. The number of hydrogen-bond donors (Lipinski definition) is 3. The number of nitrogens with one attached hydrogen (secondary N) is 2. The van der Waals surface area contributed by atoms with E-state index in [4.69, 9.17) is 9.90 Å². The summed E-state index contributed by atoms with van der Waals surface area (Å²) >= 11 is 0. The molecule has 226 valence electrons. The molecule has 3 heterocycles. The minimum atomic E-state index is -5.08. The largest absolute Gasteiger partial charge is 0.490 e. The van der Waals surface area contributed by atoms with Crippen molar-refractivity contribution in [1.82, 2.24) is 15.2 Å². The van der Waals surface area contributed by atoms with Gasteiger partial charge in [0.25, 0.3) is 15.9 Å². The molecule has 1 aromatic carbocycles. The number of anilines is 2. The molecule has 2 aliphatic heterocycles. The molecule has 2 aromatic rings. The van der Waals surface area contributed by atoms with Gasteiger partial charge in [0.15, 0.2) is 0 Å². The molecule has 1 aromatic heterocycles. The van der Waals surface area contributed by atoms with Crippen LogP contribution in [0.3, 0.4) is 0 Å². The highest BCUT2D eigenvalue weighted by Gasteiger charge is 2.38. The number of benzene rings is 1. The van der Waals surface area contributed by atoms with E-state index >= 15 is 0 Å². The zero-order valence-electron chi connectivity index (χ0n) is 23.2. The number of aliphatic carboxylic acids is 1. The number of aromatic nitrogens is 1. The van der Waals surface area contributed by atoms with Crippen molar-refractivity contribution in [3.8, 4) is 0 Å². The second-order valence-corrected chi connectivity index (χ2v) is 12.0. The Morgan fingerprint density at radius 2 is 1.71 bits per heavy atom. The molecular weight excluding hydrogens is 563 g/mol. The van der Waals surface area contributed by atoms with Gasteiger partial charge in [0.1, 0.15) is 5.82 Å². The number of carboxylic acid groups (broad SMARTS) is 1. The van der Waals surface area contributed by atoms with Crippen LogP contribution >= 0.6 is 0 Å². The van der Waals surface area contributed by atoms with E-state index in [0.29, 0.717) is 29.5 Å². The average molecular weight is 600 g/mol. The molecule has 2 saturated heterocycles. The van der Waals surface area contributed by atoms with E-state index in [1.165, 1.54) is 6.20 Å². The van der Waals surface area contributed by atoms with Crippen molar-refractivity contribution in [2.75, 3.05) is 42.3 Å². The molecule has 10 nitrogen and oxygen atoms in total. The second kappa shape index (κ2) is 13.5. The highest BCUT2D eigenvalue weighted by molar-refractivity contribution is 7.92. The monoisotopic (exact) mass is 599 g/mol. The van der Waals surface area contributed by atoms with Gasteiger partial charge in [0.2, 0.25) is 0 Å². The Morgan fingerprint density at radius 1 is 1.10 bits per heavy atom. The van der Waals surface area contributed by atoms with Gasteiger partial charge in [0.05, 0.1) is 22.3 Å². The zero-order chi connectivity index (χ0) is 30.4. The number of pyridine rings is 1. The van der Waals surface area contributed by atoms with Gasteiger partial charge in [-0.1, -0.05) is 26.0 Å². The fourth-order valence-electron chi connectivity index (χ4n) is 4.60. The number of amides is 1. The molecule has 0 aliphatic carbocycles. The number of piperazine rings is 1.